The Morgan fingerprint density at radius 2 is 1.70 bits per heavy atom. The van der Waals surface area contributed by atoms with Gasteiger partial charge in [-0.1, -0.05) is 30.3 Å². The van der Waals surface area contributed by atoms with Crippen LogP contribution in [0.2, 0.25) is 0 Å². The molecule has 2 aliphatic rings. The number of hydrogen-bond donors (Lipinski definition) is 6. The molecule has 1 fully saturated rings. The number of esters is 1. The van der Waals surface area contributed by atoms with Crippen molar-refractivity contribution in [2.45, 2.75) is 55.4 Å². The molecule has 0 unspecified atom stereocenters. The average Bonchev–Trinajstić information content (AvgIpc) is 2.80. The summed E-state index contributed by atoms with van der Waals surface area (Å²) < 4.78 is 15.9. The van der Waals surface area contributed by atoms with Gasteiger partial charge < -0.3 is 44.8 Å². The molecule has 180 valence electrons. The predicted octanol–water partition coefficient (Wildman–Crippen LogP) is -1.43. The van der Waals surface area contributed by atoms with Crippen molar-refractivity contribution in [1.29, 1.82) is 0 Å². The SMILES string of the molecule is O=C(C=Cc1ccccc1)OC[C@@H]1O[C@@H](O[C@H]2CC(C(=O)O)=C[C@@H](O)[C@H]2O)[C@H](O)[C@@H](O)[C@@H]1O. The first kappa shape index (κ1) is 25.0. The van der Waals surface area contributed by atoms with Gasteiger partial charge in [-0.3, -0.25) is 0 Å². The van der Waals surface area contributed by atoms with Crippen molar-refractivity contribution in [3.63, 3.8) is 0 Å². The molecular formula is C22H26O11. The lowest BCUT2D eigenvalue weighted by atomic mass is 9.91. The quantitative estimate of drug-likeness (QED) is 0.205. The lowest BCUT2D eigenvalue weighted by Gasteiger charge is -2.42. The molecule has 6 N–H and O–H groups in total. The molecule has 0 aromatic heterocycles. The highest BCUT2D eigenvalue weighted by atomic mass is 16.7. The fourth-order valence-corrected chi connectivity index (χ4v) is 3.50. The minimum absolute atomic E-state index is 0.209. The van der Waals surface area contributed by atoms with E-state index in [1.807, 2.05) is 6.07 Å². The van der Waals surface area contributed by atoms with Gasteiger partial charge in [-0.05, 0) is 17.7 Å². The van der Waals surface area contributed by atoms with E-state index in [0.29, 0.717) is 0 Å². The predicted molar refractivity (Wildman–Crippen MR) is 110 cm³/mol. The van der Waals surface area contributed by atoms with E-state index in [2.05, 4.69) is 0 Å². The van der Waals surface area contributed by atoms with E-state index >= 15 is 0 Å². The molecule has 0 bridgehead atoms. The second kappa shape index (κ2) is 11.0. The molecule has 8 atom stereocenters. The number of ether oxygens (including phenoxy) is 3. The zero-order chi connectivity index (χ0) is 24.1. The lowest BCUT2D eigenvalue weighted by Crippen LogP contribution is -2.60. The summed E-state index contributed by atoms with van der Waals surface area (Å²) in [5.74, 6) is -2.06. The first-order valence-electron chi connectivity index (χ1n) is 10.2. The number of rotatable bonds is 7. The Labute approximate surface area is 188 Å². The van der Waals surface area contributed by atoms with Gasteiger partial charge in [0, 0.05) is 18.1 Å². The molecule has 3 rings (SSSR count). The standard InChI is InChI=1S/C22H26O11/c23-13-8-12(21(29)30)9-14(17(13)25)32-22-20(28)19(27)18(26)15(33-22)10-31-16(24)7-6-11-4-2-1-3-5-11/h1-8,13-15,17-20,22-23,25-28H,9-10H2,(H,29,30)/t13-,14+,15+,17-,18-,19+,20-,22-/m1/s1. The van der Waals surface area contributed by atoms with Gasteiger partial charge in [0.15, 0.2) is 6.29 Å². The van der Waals surface area contributed by atoms with Gasteiger partial charge in [-0.15, -0.1) is 0 Å². The molecule has 11 heteroatoms. The number of carboxylic acids is 1. The number of carbonyl (C=O) groups is 2. The van der Waals surface area contributed by atoms with Crippen LogP contribution >= 0.6 is 0 Å². The molecule has 11 nitrogen and oxygen atoms in total. The molecule has 1 aliphatic heterocycles. The fourth-order valence-electron chi connectivity index (χ4n) is 3.50. The summed E-state index contributed by atoms with van der Waals surface area (Å²) in [6, 6.07) is 8.96. The van der Waals surface area contributed by atoms with Gasteiger partial charge >= 0.3 is 11.9 Å². The summed E-state index contributed by atoms with van der Waals surface area (Å²) >= 11 is 0. The van der Waals surface area contributed by atoms with Crippen LogP contribution < -0.4 is 0 Å². The number of hydrogen-bond acceptors (Lipinski definition) is 10. The van der Waals surface area contributed by atoms with E-state index in [-0.39, 0.29) is 12.0 Å². The van der Waals surface area contributed by atoms with Crippen LogP contribution in [0.5, 0.6) is 0 Å². The number of aliphatic carboxylic acids is 1. The average molecular weight is 466 g/mol. The van der Waals surface area contributed by atoms with Crippen molar-refractivity contribution in [2.75, 3.05) is 6.61 Å². The van der Waals surface area contributed by atoms with E-state index < -0.39 is 67.6 Å². The summed E-state index contributed by atoms with van der Waals surface area (Å²) in [6.07, 6.45) is -8.98. The Hall–Kier alpha value is -2.64. The normalized spacial score (nSPS) is 34.6. The molecule has 1 aliphatic carbocycles. The van der Waals surface area contributed by atoms with E-state index in [1.165, 1.54) is 12.2 Å². The van der Waals surface area contributed by atoms with Crippen LogP contribution in [-0.2, 0) is 23.8 Å². The van der Waals surface area contributed by atoms with Gasteiger partial charge in [0.25, 0.3) is 0 Å². The van der Waals surface area contributed by atoms with E-state index in [9.17, 15) is 35.1 Å². The monoisotopic (exact) mass is 466 g/mol. The van der Waals surface area contributed by atoms with Crippen molar-refractivity contribution >= 4 is 18.0 Å². The maximum atomic E-state index is 12.0. The van der Waals surface area contributed by atoms with Crippen LogP contribution in [0.25, 0.3) is 6.08 Å². The molecular weight excluding hydrogens is 440 g/mol. The Balaban J connectivity index is 1.61. The molecule has 0 radical (unpaired) electrons. The minimum Gasteiger partial charge on any atom is -0.478 e. The van der Waals surface area contributed by atoms with Crippen LogP contribution in [0, 0.1) is 0 Å². The maximum Gasteiger partial charge on any atom is 0.331 e. The zero-order valence-corrected chi connectivity index (χ0v) is 17.4. The lowest BCUT2D eigenvalue weighted by molar-refractivity contribution is -0.319. The van der Waals surface area contributed by atoms with Crippen LogP contribution in [0.3, 0.4) is 0 Å². The fraction of sp³-hybridized carbons (Fsp3) is 0.455. The second-order valence-corrected chi connectivity index (χ2v) is 7.75. The van der Waals surface area contributed by atoms with Gasteiger partial charge in [-0.25, -0.2) is 9.59 Å². The van der Waals surface area contributed by atoms with Crippen molar-refractivity contribution in [3.8, 4) is 0 Å². The second-order valence-electron chi connectivity index (χ2n) is 7.75. The van der Waals surface area contributed by atoms with Crippen molar-refractivity contribution in [3.05, 3.63) is 53.6 Å². The smallest absolute Gasteiger partial charge is 0.331 e. The van der Waals surface area contributed by atoms with Gasteiger partial charge in [0.1, 0.15) is 43.2 Å². The van der Waals surface area contributed by atoms with Crippen molar-refractivity contribution < 1.29 is 54.4 Å². The third-order valence-corrected chi connectivity index (χ3v) is 5.38. The van der Waals surface area contributed by atoms with E-state index in [4.69, 9.17) is 19.3 Å². The van der Waals surface area contributed by atoms with Crippen molar-refractivity contribution in [1.82, 2.24) is 0 Å². The van der Waals surface area contributed by atoms with Crippen LogP contribution in [-0.4, -0.2) is 98.2 Å². The number of benzene rings is 1. The Bertz CT molecular complexity index is 884. The highest BCUT2D eigenvalue weighted by Gasteiger charge is 2.47. The van der Waals surface area contributed by atoms with Gasteiger partial charge in [-0.2, -0.15) is 0 Å². The van der Waals surface area contributed by atoms with Crippen molar-refractivity contribution in [2.24, 2.45) is 0 Å². The summed E-state index contributed by atoms with van der Waals surface area (Å²) in [4.78, 5) is 23.2. The molecule has 0 saturated carbocycles. The van der Waals surface area contributed by atoms with Crippen LogP contribution in [0.4, 0.5) is 0 Å². The molecule has 1 heterocycles. The Morgan fingerprint density at radius 1 is 1.00 bits per heavy atom. The third kappa shape index (κ3) is 6.24. The van der Waals surface area contributed by atoms with Gasteiger partial charge in [0.2, 0.25) is 0 Å². The summed E-state index contributed by atoms with van der Waals surface area (Å²) in [5.41, 5.74) is 0.554. The van der Waals surface area contributed by atoms with Gasteiger partial charge in [0.05, 0.1) is 6.10 Å². The largest absolute Gasteiger partial charge is 0.478 e. The molecule has 1 aromatic rings. The number of aliphatic hydroxyl groups is 5. The van der Waals surface area contributed by atoms with E-state index in [1.54, 1.807) is 24.3 Å². The summed E-state index contributed by atoms with van der Waals surface area (Å²) in [7, 11) is 0. The summed E-state index contributed by atoms with van der Waals surface area (Å²) in [5, 5.41) is 59.7. The Morgan fingerprint density at radius 3 is 2.36 bits per heavy atom. The highest BCUT2D eigenvalue weighted by molar-refractivity contribution is 5.87. The Kier molecular flexibility index (Phi) is 8.32. The minimum atomic E-state index is -1.76. The summed E-state index contributed by atoms with van der Waals surface area (Å²) in [6.45, 7) is -0.487. The molecule has 1 aromatic carbocycles. The first-order valence-corrected chi connectivity index (χ1v) is 10.2. The highest BCUT2D eigenvalue weighted by Crippen LogP contribution is 2.28. The van der Waals surface area contributed by atoms with E-state index in [0.717, 1.165) is 11.6 Å². The number of carbonyl (C=O) groups excluding carboxylic acids is 1. The third-order valence-electron chi connectivity index (χ3n) is 5.38. The molecule has 0 amide bonds. The van der Waals surface area contributed by atoms with Crippen LogP contribution in [0.1, 0.15) is 12.0 Å². The molecule has 1 saturated heterocycles. The maximum absolute atomic E-state index is 12.0. The van der Waals surface area contributed by atoms with Crippen LogP contribution in [0.15, 0.2) is 48.1 Å². The zero-order valence-electron chi connectivity index (χ0n) is 17.4. The number of carboxylic acid groups (broad SMARTS) is 1. The topological polar surface area (TPSA) is 183 Å². The number of aliphatic hydroxyl groups excluding tert-OH is 5. The first-order chi connectivity index (χ1) is 15.7. The molecule has 0 spiro atoms. The molecule has 33 heavy (non-hydrogen) atoms.